The van der Waals surface area contributed by atoms with Crippen LogP contribution in [0.1, 0.15) is 30.6 Å². The summed E-state index contributed by atoms with van der Waals surface area (Å²) in [6.45, 7) is 2.02. The van der Waals surface area contributed by atoms with E-state index in [1.54, 1.807) is 6.26 Å². The van der Waals surface area contributed by atoms with Crippen LogP contribution in [-0.2, 0) is 19.3 Å². The monoisotopic (exact) mass is 231 g/mol. The average molecular weight is 231 g/mol. The number of fused-ring (bicyclic) bond motifs is 3. The Labute approximate surface area is 100 Å². The van der Waals surface area contributed by atoms with Crippen molar-refractivity contribution in [1.29, 1.82) is 0 Å². The molecule has 3 rings (SSSR count). The Balaban J connectivity index is 1.89. The van der Waals surface area contributed by atoms with Crippen LogP contribution in [-0.4, -0.2) is 16.0 Å². The quantitative estimate of drug-likeness (QED) is 0.849. The summed E-state index contributed by atoms with van der Waals surface area (Å²) in [5, 5.41) is 0. The second-order valence-corrected chi connectivity index (χ2v) is 4.78. The fraction of sp³-hybridized carbons (Fsp3) is 0.462. The maximum absolute atomic E-state index is 5.77. The highest BCUT2D eigenvalue weighted by Gasteiger charge is 2.22. The molecule has 4 nitrogen and oxygen atoms in total. The molecular weight excluding hydrogens is 214 g/mol. The van der Waals surface area contributed by atoms with Crippen molar-refractivity contribution >= 4 is 0 Å². The normalized spacial score (nSPS) is 15.4. The smallest absolute Gasteiger partial charge is 0.113 e. The van der Waals surface area contributed by atoms with Gasteiger partial charge in [-0.05, 0) is 25.8 Å². The van der Waals surface area contributed by atoms with Crippen molar-refractivity contribution < 1.29 is 4.42 Å². The summed E-state index contributed by atoms with van der Waals surface area (Å²) in [6, 6.07) is 2.23. The summed E-state index contributed by atoms with van der Waals surface area (Å²) in [4.78, 5) is 8.08. The molecule has 90 valence electrons. The van der Waals surface area contributed by atoms with E-state index in [1.165, 1.54) is 5.69 Å². The van der Waals surface area contributed by atoms with Crippen molar-refractivity contribution in [3.8, 4) is 11.3 Å². The third kappa shape index (κ3) is 1.89. The molecular formula is C13H17N3O. The molecule has 0 fully saturated rings. The Kier molecular flexibility index (Phi) is 2.52. The molecule has 1 aliphatic rings. The van der Waals surface area contributed by atoms with E-state index in [0.717, 1.165) is 48.5 Å². The standard InChI is InChI=1S/C13H17N3O/c1-8(14)2-5-12-15-10-3-4-11-9(6-7-17-11)13(10)16-12/h6-8H,2-5,14H2,1H3,(H,15,16). The van der Waals surface area contributed by atoms with Gasteiger partial charge in [0.05, 0.1) is 12.0 Å². The third-order valence-electron chi connectivity index (χ3n) is 3.27. The molecule has 1 atom stereocenters. The summed E-state index contributed by atoms with van der Waals surface area (Å²) < 4.78 is 5.45. The van der Waals surface area contributed by atoms with Gasteiger partial charge in [0.1, 0.15) is 11.6 Å². The van der Waals surface area contributed by atoms with Gasteiger partial charge in [0.25, 0.3) is 0 Å². The Morgan fingerprint density at radius 1 is 1.53 bits per heavy atom. The van der Waals surface area contributed by atoms with Crippen LogP contribution in [0.15, 0.2) is 16.7 Å². The molecule has 4 heteroatoms. The summed E-state index contributed by atoms with van der Waals surface area (Å²) >= 11 is 0. The molecule has 1 aliphatic carbocycles. The largest absolute Gasteiger partial charge is 0.469 e. The van der Waals surface area contributed by atoms with Gasteiger partial charge < -0.3 is 15.1 Å². The van der Waals surface area contributed by atoms with Gasteiger partial charge in [-0.3, -0.25) is 0 Å². The molecule has 0 saturated heterocycles. The number of nitrogens with two attached hydrogens (primary N) is 1. The minimum atomic E-state index is 0.224. The number of rotatable bonds is 3. The lowest BCUT2D eigenvalue weighted by Crippen LogP contribution is -2.15. The lowest BCUT2D eigenvalue weighted by molar-refractivity contribution is 0.506. The summed E-state index contributed by atoms with van der Waals surface area (Å²) in [7, 11) is 0. The Morgan fingerprint density at radius 3 is 3.24 bits per heavy atom. The van der Waals surface area contributed by atoms with Gasteiger partial charge in [0, 0.05) is 30.1 Å². The number of aromatic nitrogens is 2. The topological polar surface area (TPSA) is 67.8 Å². The van der Waals surface area contributed by atoms with E-state index < -0.39 is 0 Å². The number of nitrogens with zero attached hydrogens (tertiary/aromatic N) is 1. The Bertz CT molecular complexity index is 525. The van der Waals surface area contributed by atoms with Crippen LogP contribution in [0, 0.1) is 0 Å². The summed E-state index contributed by atoms with van der Waals surface area (Å²) in [5.74, 6) is 2.10. The number of H-pyrrole nitrogens is 1. The fourth-order valence-electron chi connectivity index (χ4n) is 2.33. The van der Waals surface area contributed by atoms with Crippen LogP contribution in [0.3, 0.4) is 0 Å². The Hall–Kier alpha value is -1.55. The van der Waals surface area contributed by atoms with Crippen LogP contribution in [0.5, 0.6) is 0 Å². The van der Waals surface area contributed by atoms with Gasteiger partial charge in [-0.25, -0.2) is 4.98 Å². The number of hydrogen-bond donors (Lipinski definition) is 2. The van der Waals surface area contributed by atoms with Crippen molar-refractivity contribution in [1.82, 2.24) is 9.97 Å². The average Bonchev–Trinajstić information content (AvgIpc) is 2.91. The van der Waals surface area contributed by atoms with Gasteiger partial charge in [-0.15, -0.1) is 0 Å². The molecule has 0 bridgehead atoms. The van der Waals surface area contributed by atoms with E-state index in [-0.39, 0.29) is 6.04 Å². The third-order valence-corrected chi connectivity index (χ3v) is 3.27. The maximum Gasteiger partial charge on any atom is 0.113 e. The van der Waals surface area contributed by atoms with Crippen molar-refractivity contribution in [3.63, 3.8) is 0 Å². The van der Waals surface area contributed by atoms with E-state index in [0.29, 0.717) is 0 Å². The molecule has 2 aromatic heterocycles. The van der Waals surface area contributed by atoms with E-state index in [2.05, 4.69) is 9.97 Å². The number of nitrogens with one attached hydrogen (secondary N) is 1. The molecule has 1 unspecified atom stereocenters. The first-order valence-corrected chi connectivity index (χ1v) is 6.14. The molecule has 2 heterocycles. The van der Waals surface area contributed by atoms with E-state index >= 15 is 0 Å². The lowest BCUT2D eigenvalue weighted by Gasteiger charge is -2.08. The second kappa shape index (κ2) is 4.04. The second-order valence-electron chi connectivity index (χ2n) is 4.78. The minimum Gasteiger partial charge on any atom is -0.469 e. The molecule has 17 heavy (non-hydrogen) atoms. The molecule has 0 saturated carbocycles. The van der Waals surface area contributed by atoms with Gasteiger partial charge in [0.15, 0.2) is 0 Å². The van der Waals surface area contributed by atoms with Gasteiger partial charge in [-0.2, -0.15) is 0 Å². The fourth-order valence-corrected chi connectivity index (χ4v) is 2.33. The van der Waals surface area contributed by atoms with Crippen LogP contribution >= 0.6 is 0 Å². The minimum absolute atomic E-state index is 0.224. The molecule has 0 spiro atoms. The maximum atomic E-state index is 5.77. The van der Waals surface area contributed by atoms with Crippen LogP contribution in [0.2, 0.25) is 0 Å². The van der Waals surface area contributed by atoms with Crippen LogP contribution < -0.4 is 5.73 Å². The lowest BCUT2D eigenvalue weighted by atomic mass is 10.00. The number of imidazole rings is 1. The van der Waals surface area contributed by atoms with Gasteiger partial charge in [0.2, 0.25) is 0 Å². The Morgan fingerprint density at radius 2 is 2.41 bits per heavy atom. The van der Waals surface area contributed by atoms with Gasteiger partial charge >= 0.3 is 0 Å². The zero-order chi connectivity index (χ0) is 11.8. The summed E-state index contributed by atoms with van der Waals surface area (Å²) in [5.41, 5.74) is 9.22. The first-order valence-electron chi connectivity index (χ1n) is 6.14. The van der Waals surface area contributed by atoms with Crippen molar-refractivity contribution in [2.24, 2.45) is 5.73 Å². The summed E-state index contributed by atoms with van der Waals surface area (Å²) in [6.07, 6.45) is 5.57. The molecule has 0 amide bonds. The predicted octanol–water partition coefficient (Wildman–Crippen LogP) is 2.05. The molecule has 2 aromatic rings. The van der Waals surface area contributed by atoms with Crippen molar-refractivity contribution in [2.45, 2.75) is 38.6 Å². The van der Waals surface area contributed by atoms with E-state index in [9.17, 15) is 0 Å². The van der Waals surface area contributed by atoms with Crippen molar-refractivity contribution in [2.75, 3.05) is 0 Å². The number of aryl methyl sites for hydroxylation is 3. The highest BCUT2D eigenvalue weighted by Crippen LogP contribution is 2.32. The highest BCUT2D eigenvalue weighted by atomic mass is 16.3. The first-order chi connectivity index (χ1) is 8.24. The first kappa shape index (κ1) is 10.6. The predicted molar refractivity (Wildman–Crippen MR) is 65.7 cm³/mol. The highest BCUT2D eigenvalue weighted by molar-refractivity contribution is 5.66. The van der Waals surface area contributed by atoms with Crippen molar-refractivity contribution in [3.05, 3.63) is 29.6 Å². The zero-order valence-corrected chi connectivity index (χ0v) is 9.99. The molecule has 3 N–H and O–H groups in total. The van der Waals surface area contributed by atoms with Crippen LogP contribution in [0.4, 0.5) is 0 Å². The molecule has 0 radical (unpaired) electrons. The number of hydrogen-bond acceptors (Lipinski definition) is 3. The zero-order valence-electron chi connectivity index (χ0n) is 9.99. The molecule has 0 aliphatic heterocycles. The van der Waals surface area contributed by atoms with Crippen LogP contribution in [0.25, 0.3) is 11.3 Å². The number of furan rings is 1. The number of aromatic amines is 1. The SMILES string of the molecule is CC(N)CCc1nc2c([nH]1)CCc1occc1-2. The molecule has 0 aromatic carbocycles. The van der Waals surface area contributed by atoms with E-state index in [4.69, 9.17) is 10.2 Å². The van der Waals surface area contributed by atoms with E-state index in [1.807, 2.05) is 13.0 Å². The van der Waals surface area contributed by atoms with Gasteiger partial charge in [-0.1, -0.05) is 0 Å².